The predicted molar refractivity (Wildman–Crippen MR) is 78.1 cm³/mol. The van der Waals surface area contributed by atoms with Crippen molar-refractivity contribution in [1.29, 1.82) is 0 Å². The molecule has 2 aromatic carbocycles. The van der Waals surface area contributed by atoms with Gasteiger partial charge >= 0.3 is 0 Å². The van der Waals surface area contributed by atoms with Crippen LogP contribution in [0.3, 0.4) is 0 Å². The Balaban J connectivity index is 2.12. The molecule has 0 aliphatic heterocycles. The Labute approximate surface area is 120 Å². The third-order valence-corrected chi connectivity index (χ3v) is 3.06. The van der Waals surface area contributed by atoms with Crippen LogP contribution in [0.1, 0.15) is 0 Å². The molecule has 0 saturated carbocycles. The molecule has 0 bridgehead atoms. The molecule has 0 amide bonds. The quantitative estimate of drug-likeness (QED) is 0.726. The molecule has 1 heterocycles. The molecule has 0 saturated heterocycles. The van der Waals surface area contributed by atoms with E-state index >= 15 is 0 Å². The van der Waals surface area contributed by atoms with Crippen molar-refractivity contribution in [2.75, 3.05) is 0 Å². The number of hydrogen-bond donors (Lipinski definition) is 0. The fraction of sp³-hybridized carbons (Fsp3) is 0. The number of aromatic nitrogens is 3. The zero-order valence-corrected chi connectivity index (χ0v) is 11.2. The van der Waals surface area contributed by atoms with Crippen LogP contribution < -0.4 is 5.56 Å². The van der Waals surface area contributed by atoms with Crippen molar-refractivity contribution in [3.63, 3.8) is 0 Å². The molecule has 3 aromatic rings. The van der Waals surface area contributed by atoms with Gasteiger partial charge < -0.3 is 0 Å². The van der Waals surface area contributed by atoms with E-state index in [0.717, 1.165) is 5.56 Å². The lowest BCUT2D eigenvalue weighted by Gasteiger charge is -2.06. The van der Waals surface area contributed by atoms with E-state index in [0.29, 0.717) is 16.5 Å². The number of rotatable bonds is 2. The summed E-state index contributed by atoms with van der Waals surface area (Å²) in [6, 6.07) is 16.4. The van der Waals surface area contributed by atoms with Gasteiger partial charge in [0.1, 0.15) is 0 Å². The highest BCUT2D eigenvalue weighted by Crippen LogP contribution is 2.14. The van der Waals surface area contributed by atoms with Crippen molar-refractivity contribution in [1.82, 2.24) is 14.8 Å². The molecule has 0 fully saturated rings. The van der Waals surface area contributed by atoms with Crippen molar-refractivity contribution >= 4 is 11.6 Å². The maximum Gasteiger partial charge on any atom is 0.289 e. The fourth-order valence-corrected chi connectivity index (χ4v) is 1.95. The van der Waals surface area contributed by atoms with Crippen molar-refractivity contribution in [2.45, 2.75) is 0 Å². The van der Waals surface area contributed by atoms with Crippen molar-refractivity contribution < 1.29 is 0 Å². The summed E-state index contributed by atoms with van der Waals surface area (Å²) in [5, 5.41) is 4.90. The van der Waals surface area contributed by atoms with Gasteiger partial charge in [0.05, 0.1) is 11.9 Å². The minimum atomic E-state index is -0.285. The minimum absolute atomic E-state index is 0.285. The second kappa shape index (κ2) is 5.27. The second-order valence-corrected chi connectivity index (χ2v) is 4.61. The van der Waals surface area contributed by atoms with Crippen LogP contribution in [-0.2, 0) is 0 Å². The highest BCUT2D eigenvalue weighted by Gasteiger charge is 2.06. The number of halogens is 1. The average Bonchev–Trinajstić information content (AvgIpc) is 2.50. The van der Waals surface area contributed by atoms with Gasteiger partial charge in [-0.05, 0) is 24.3 Å². The van der Waals surface area contributed by atoms with Gasteiger partial charge in [0.2, 0.25) is 0 Å². The summed E-state index contributed by atoms with van der Waals surface area (Å²) in [6.07, 6.45) is 1.27. The van der Waals surface area contributed by atoms with Gasteiger partial charge in [0, 0.05) is 10.6 Å². The van der Waals surface area contributed by atoms with Gasteiger partial charge in [-0.1, -0.05) is 41.9 Å². The first-order valence-corrected chi connectivity index (χ1v) is 6.39. The Morgan fingerprint density at radius 2 is 1.65 bits per heavy atom. The summed E-state index contributed by atoms with van der Waals surface area (Å²) in [7, 11) is 0. The third-order valence-electron chi connectivity index (χ3n) is 2.80. The molecule has 0 atom stereocenters. The number of benzene rings is 2. The van der Waals surface area contributed by atoms with Crippen molar-refractivity contribution in [3.05, 3.63) is 76.2 Å². The molecule has 0 unspecified atom stereocenters. The topological polar surface area (TPSA) is 47.8 Å². The van der Waals surface area contributed by atoms with Crippen LogP contribution in [0.15, 0.2) is 65.6 Å². The maximum absolute atomic E-state index is 11.9. The van der Waals surface area contributed by atoms with Crippen LogP contribution in [0.4, 0.5) is 0 Å². The molecule has 3 rings (SSSR count). The lowest BCUT2D eigenvalue weighted by Crippen LogP contribution is -2.21. The molecule has 4 nitrogen and oxygen atoms in total. The van der Waals surface area contributed by atoms with Crippen molar-refractivity contribution in [2.24, 2.45) is 0 Å². The molecule has 20 heavy (non-hydrogen) atoms. The Kier molecular flexibility index (Phi) is 3.31. The smallest absolute Gasteiger partial charge is 0.266 e. The molecular formula is C15H10ClN3O. The van der Waals surface area contributed by atoms with E-state index in [1.807, 2.05) is 30.3 Å². The molecule has 98 valence electrons. The van der Waals surface area contributed by atoms with E-state index in [4.69, 9.17) is 11.6 Å². The summed E-state index contributed by atoms with van der Waals surface area (Å²) >= 11 is 5.85. The highest BCUT2D eigenvalue weighted by molar-refractivity contribution is 6.30. The lowest BCUT2D eigenvalue weighted by molar-refractivity contribution is 0.786. The zero-order valence-electron chi connectivity index (χ0n) is 10.4. The number of hydrogen-bond acceptors (Lipinski definition) is 3. The highest BCUT2D eigenvalue weighted by atomic mass is 35.5. The minimum Gasteiger partial charge on any atom is -0.266 e. The first kappa shape index (κ1) is 12.6. The Morgan fingerprint density at radius 3 is 2.35 bits per heavy atom. The van der Waals surface area contributed by atoms with Gasteiger partial charge in [-0.3, -0.25) is 4.79 Å². The largest absolute Gasteiger partial charge is 0.289 e. The normalized spacial score (nSPS) is 10.4. The van der Waals surface area contributed by atoms with Crippen LogP contribution >= 0.6 is 11.6 Å². The van der Waals surface area contributed by atoms with E-state index in [-0.39, 0.29) is 5.56 Å². The summed E-state index contributed by atoms with van der Waals surface area (Å²) in [5.41, 5.74) is 1.22. The molecular weight excluding hydrogens is 274 g/mol. The summed E-state index contributed by atoms with van der Waals surface area (Å²) in [4.78, 5) is 16.0. The fourth-order valence-electron chi connectivity index (χ4n) is 1.83. The standard InChI is InChI=1S/C15H10ClN3O/c16-12-6-8-13(9-7-12)19-14(20)10-17-15(18-19)11-4-2-1-3-5-11/h1-10H. The third kappa shape index (κ3) is 2.46. The van der Waals surface area contributed by atoms with Crippen LogP contribution in [0.2, 0.25) is 5.02 Å². The molecule has 5 heteroatoms. The van der Waals surface area contributed by atoms with Crippen LogP contribution in [0.5, 0.6) is 0 Å². The maximum atomic E-state index is 11.9. The van der Waals surface area contributed by atoms with Crippen LogP contribution in [0.25, 0.3) is 17.1 Å². The zero-order chi connectivity index (χ0) is 13.9. The number of nitrogens with zero attached hydrogens (tertiary/aromatic N) is 3. The van der Waals surface area contributed by atoms with E-state index in [1.165, 1.54) is 10.9 Å². The molecule has 0 aliphatic carbocycles. The van der Waals surface area contributed by atoms with Crippen LogP contribution in [0, 0.1) is 0 Å². The van der Waals surface area contributed by atoms with E-state index in [2.05, 4.69) is 10.1 Å². The Bertz CT molecular complexity index is 782. The summed E-state index contributed by atoms with van der Waals surface area (Å²) < 4.78 is 1.31. The van der Waals surface area contributed by atoms with Gasteiger partial charge in [0.25, 0.3) is 5.56 Å². The predicted octanol–water partition coefficient (Wildman–Crippen LogP) is 2.95. The Hall–Kier alpha value is -2.46. The SMILES string of the molecule is O=c1cnc(-c2ccccc2)nn1-c1ccc(Cl)cc1. The monoisotopic (exact) mass is 283 g/mol. The summed E-state index contributed by atoms with van der Waals surface area (Å²) in [6.45, 7) is 0. The first-order valence-electron chi connectivity index (χ1n) is 6.02. The molecule has 1 aromatic heterocycles. The van der Waals surface area contributed by atoms with Gasteiger partial charge in [-0.15, -0.1) is 5.10 Å². The average molecular weight is 284 g/mol. The van der Waals surface area contributed by atoms with Crippen molar-refractivity contribution in [3.8, 4) is 17.1 Å². The molecule has 0 aliphatic rings. The second-order valence-electron chi connectivity index (χ2n) is 4.17. The van der Waals surface area contributed by atoms with E-state index in [1.54, 1.807) is 24.3 Å². The summed E-state index contributed by atoms with van der Waals surface area (Å²) in [5.74, 6) is 0.500. The van der Waals surface area contributed by atoms with Crippen LogP contribution in [-0.4, -0.2) is 14.8 Å². The van der Waals surface area contributed by atoms with Gasteiger partial charge in [0.15, 0.2) is 5.82 Å². The Morgan fingerprint density at radius 1 is 0.950 bits per heavy atom. The lowest BCUT2D eigenvalue weighted by atomic mass is 10.2. The molecule has 0 radical (unpaired) electrons. The van der Waals surface area contributed by atoms with Gasteiger partial charge in [-0.2, -0.15) is 4.68 Å². The van der Waals surface area contributed by atoms with Gasteiger partial charge in [-0.25, -0.2) is 4.98 Å². The van der Waals surface area contributed by atoms with E-state index in [9.17, 15) is 4.79 Å². The first-order chi connectivity index (χ1) is 9.74. The molecule has 0 spiro atoms. The molecule has 0 N–H and O–H groups in total. The van der Waals surface area contributed by atoms with E-state index < -0.39 is 0 Å².